The lowest BCUT2D eigenvalue weighted by molar-refractivity contribution is 0.0958. The van der Waals surface area contributed by atoms with Crippen molar-refractivity contribution in [2.75, 3.05) is 6.54 Å². The van der Waals surface area contributed by atoms with Crippen molar-refractivity contribution in [2.45, 2.75) is 4.90 Å². The Labute approximate surface area is 170 Å². The summed E-state index contributed by atoms with van der Waals surface area (Å²) >= 11 is 2.16. The highest BCUT2D eigenvalue weighted by atomic mass is 32.2. The molecule has 6 nitrogen and oxygen atoms in total. The number of hydroxylamine groups is 1. The molecule has 0 fully saturated rings. The van der Waals surface area contributed by atoms with Gasteiger partial charge in [-0.3, -0.25) is 14.8 Å². The van der Waals surface area contributed by atoms with Gasteiger partial charge in [-0.25, -0.2) is 10.5 Å². The van der Waals surface area contributed by atoms with Crippen molar-refractivity contribution < 1.29 is 14.8 Å². The zero-order chi connectivity index (χ0) is 19.8. The van der Waals surface area contributed by atoms with Gasteiger partial charge in [-0.05, 0) is 36.0 Å². The first-order valence-electron chi connectivity index (χ1n) is 8.15. The number of carbonyl (C=O) groups is 2. The van der Waals surface area contributed by atoms with Crippen LogP contribution in [0.3, 0.4) is 0 Å². The van der Waals surface area contributed by atoms with Crippen LogP contribution in [-0.2, 0) is 0 Å². The summed E-state index contributed by atoms with van der Waals surface area (Å²) in [5, 5.41) is 12.9. The molecule has 0 saturated carbocycles. The Morgan fingerprint density at radius 2 is 1.86 bits per heavy atom. The van der Waals surface area contributed by atoms with E-state index in [0.29, 0.717) is 9.90 Å². The van der Waals surface area contributed by atoms with Gasteiger partial charge in [0.15, 0.2) is 5.01 Å². The van der Waals surface area contributed by atoms with E-state index in [9.17, 15) is 9.59 Å². The van der Waals surface area contributed by atoms with Gasteiger partial charge >= 0.3 is 5.24 Å². The van der Waals surface area contributed by atoms with Crippen LogP contribution in [-0.4, -0.2) is 27.9 Å². The van der Waals surface area contributed by atoms with Gasteiger partial charge in [0.25, 0.3) is 5.91 Å². The number of hydrogen-bond donors (Lipinski definition) is 3. The summed E-state index contributed by atoms with van der Waals surface area (Å²) in [6.45, 7) is 0.197. The van der Waals surface area contributed by atoms with Gasteiger partial charge in [0.1, 0.15) is 0 Å². The number of nitrogens with one attached hydrogen (secondary N) is 2. The zero-order valence-corrected chi connectivity index (χ0v) is 16.1. The minimum Gasteiger partial charge on any atom is -0.339 e. The highest BCUT2D eigenvalue weighted by molar-refractivity contribution is 8.13. The SMILES string of the molecule is O=C(NO)Sc1ccc(C#CCNC(=O)c2nc(-c3ccccc3)cs2)cc1. The smallest absolute Gasteiger partial charge is 0.307 e. The molecule has 0 spiro atoms. The molecular formula is C20H15N3O3S2. The number of nitrogens with zero attached hydrogens (tertiary/aromatic N) is 1. The van der Waals surface area contributed by atoms with Crippen molar-refractivity contribution in [3.8, 4) is 23.1 Å². The monoisotopic (exact) mass is 409 g/mol. The molecule has 140 valence electrons. The minimum absolute atomic E-state index is 0.197. The first-order chi connectivity index (χ1) is 13.7. The average molecular weight is 409 g/mol. The molecule has 2 aromatic carbocycles. The maximum Gasteiger partial charge on any atom is 0.307 e. The number of carbonyl (C=O) groups excluding carboxylic acids is 2. The third-order valence-corrected chi connectivity index (χ3v) is 5.12. The molecule has 3 rings (SSSR count). The van der Waals surface area contributed by atoms with E-state index in [1.165, 1.54) is 11.3 Å². The van der Waals surface area contributed by atoms with Gasteiger partial charge in [-0.15, -0.1) is 11.3 Å². The third kappa shape index (κ3) is 5.44. The van der Waals surface area contributed by atoms with Gasteiger partial charge in [-0.2, -0.15) is 0 Å². The number of benzene rings is 2. The molecule has 0 saturated heterocycles. The summed E-state index contributed by atoms with van der Waals surface area (Å²) in [4.78, 5) is 28.3. The van der Waals surface area contributed by atoms with E-state index in [4.69, 9.17) is 5.21 Å². The van der Waals surface area contributed by atoms with Crippen molar-refractivity contribution in [1.29, 1.82) is 0 Å². The van der Waals surface area contributed by atoms with Gasteiger partial charge < -0.3 is 5.32 Å². The van der Waals surface area contributed by atoms with E-state index in [1.807, 2.05) is 35.7 Å². The second-order valence-electron chi connectivity index (χ2n) is 5.41. The first kappa shape index (κ1) is 19.6. The Hall–Kier alpha value is -3.12. The van der Waals surface area contributed by atoms with E-state index < -0.39 is 5.24 Å². The lowest BCUT2D eigenvalue weighted by atomic mass is 10.2. The van der Waals surface area contributed by atoms with Crippen LogP contribution >= 0.6 is 23.1 Å². The molecule has 0 aliphatic rings. The number of rotatable bonds is 4. The van der Waals surface area contributed by atoms with Crippen LogP contribution in [0.4, 0.5) is 4.79 Å². The molecule has 3 aromatic rings. The van der Waals surface area contributed by atoms with E-state index in [1.54, 1.807) is 29.7 Å². The molecule has 0 atom stereocenters. The van der Waals surface area contributed by atoms with E-state index in [0.717, 1.165) is 28.6 Å². The van der Waals surface area contributed by atoms with E-state index in [-0.39, 0.29) is 12.5 Å². The molecule has 0 aliphatic carbocycles. The molecule has 8 heteroatoms. The number of thiazole rings is 1. The van der Waals surface area contributed by atoms with Crippen molar-refractivity contribution in [3.63, 3.8) is 0 Å². The summed E-state index contributed by atoms with van der Waals surface area (Å²) in [5.74, 6) is 5.56. The van der Waals surface area contributed by atoms with Crippen LogP contribution < -0.4 is 10.8 Å². The highest BCUT2D eigenvalue weighted by Crippen LogP contribution is 2.21. The Bertz CT molecular complexity index is 1020. The Balaban J connectivity index is 1.52. The van der Waals surface area contributed by atoms with Gasteiger partial charge in [0, 0.05) is 21.4 Å². The fourth-order valence-electron chi connectivity index (χ4n) is 2.20. The molecule has 1 aromatic heterocycles. The van der Waals surface area contributed by atoms with E-state index in [2.05, 4.69) is 22.1 Å². The number of amides is 2. The van der Waals surface area contributed by atoms with Crippen molar-refractivity contribution in [2.24, 2.45) is 0 Å². The molecule has 28 heavy (non-hydrogen) atoms. The minimum atomic E-state index is -0.556. The topological polar surface area (TPSA) is 91.3 Å². The van der Waals surface area contributed by atoms with Crippen molar-refractivity contribution in [3.05, 3.63) is 70.5 Å². The molecule has 0 bridgehead atoms. The summed E-state index contributed by atoms with van der Waals surface area (Å²) in [7, 11) is 0. The van der Waals surface area contributed by atoms with Crippen LogP contribution in [0.15, 0.2) is 64.9 Å². The standard InChI is InChI=1S/C20H15N3O3S2/c24-18(19-22-17(13-27-19)15-6-2-1-3-7-15)21-12-4-5-14-8-10-16(11-9-14)28-20(25)23-26/h1-3,6-11,13,26H,12H2,(H,21,24)(H,23,25). The Morgan fingerprint density at radius 3 is 2.57 bits per heavy atom. The molecule has 0 radical (unpaired) electrons. The van der Waals surface area contributed by atoms with Crippen LogP contribution in [0.5, 0.6) is 0 Å². The molecular weight excluding hydrogens is 394 g/mol. The predicted molar refractivity (Wildman–Crippen MR) is 109 cm³/mol. The first-order valence-corrected chi connectivity index (χ1v) is 9.85. The Kier molecular flexibility index (Phi) is 6.81. The third-order valence-electron chi connectivity index (χ3n) is 3.49. The van der Waals surface area contributed by atoms with Crippen molar-refractivity contribution in [1.82, 2.24) is 15.8 Å². The summed E-state index contributed by atoms with van der Waals surface area (Å²) < 4.78 is 0. The highest BCUT2D eigenvalue weighted by Gasteiger charge is 2.11. The molecule has 0 aliphatic heterocycles. The largest absolute Gasteiger partial charge is 0.339 e. The lowest BCUT2D eigenvalue weighted by Gasteiger charge is -1.99. The van der Waals surface area contributed by atoms with Crippen LogP contribution in [0.2, 0.25) is 0 Å². The van der Waals surface area contributed by atoms with Gasteiger partial charge in [-0.1, -0.05) is 42.2 Å². The summed E-state index contributed by atoms with van der Waals surface area (Å²) in [5.41, 5.74) is 4.05. The molecule has 3 N–H and O–H groups in total. The fraction of sp³-hybridized carbons (Fsp3) is 0.0500. The lowest BCUT2D eigenvalue weighted by Crippen LogP contribution is -2.23. The molecule has 0 unspecified atom stereocenters. The van der Waals surface area contributed by atoms with Gasteiger partial charge in [0.05, 0.1) is 12.2 Å². The number of aromatic nitrogens is 1. The number of hydrogen-bond acceptors (Lipinski definition) is 6. The average Bonchev–Trinajstić information content (AvgIpc) is 3.23. The normalized spacial score (nSPS) is 9.89. The summed E-state index contributed by atoms with van der Waals surface area (Å²) in [6, 6.07) is 16.6. The second-order valence-corrected chi connectivity index (χ2v) is 7.32. The van der Waals surface area contributed by atoms with Gasteiger partial charge in [0.2, 0.25) is 0 Å². The summed E-state index contributed by atoms with van der Waals surface area (Å²) in [6.07, 6.45) is 0. The van der Waals surface area contributed by atoms with Crippen molar-refractivity contribution >= 4 is 34.2 Å². The van der Waals surface area contributed by atoms with Crippen LogP contribution in [0.1, 0.15) is 15.4 Å². The van der Waals surface area contributed by atoms with Crippen LogP contribution in [0.25, 0.3) is 11.3 Å². The Morgan fingerprint density at radius 1 is 1.11 bits per heavy atom. The van der Waals surface area contributed by atoms with E-state index >= 15 is 0 Å². The maximum absolute atomic E-state index is 12.2. The predicted octanol–water partition coefficient (Wildman–Crippen LogP) is 3.78. The zero-order valence-electron chi connectivity index (χ0n) is 14.5. The number of thioether (sulfide) groups is 1. The quantitative estimate of drug-likeness (QED) is 0.264. The fourth-order valence-corrected chi connectivity index (χ4v) is 3.48. The molecule has 2 amide bonds. The maximum atomic E-state index is 12.2. The second kappa shape index (κ2) is 9.71. The molecule has 1 heterocycles. The van der Waals surface area contributed by atoms with Crippen LogP contribution in [0, 0.1) is 11.8 Å².